The third-order valence-corrected chi connectivity index (χ3v) is 6.44. The topological polar surface area (TPSA) is 81.1 Å². The molecule has 0 spiro atoms. The van der Waals surface area contributed by atoms with Crippen molar-refractivity contribution in [3.05, 3.63) is 103 Å². The Morgan fingerprint density at radius 3 is 2.41 bits per heavy atom. The molecule has 0 atom stereocenters. The molecule has 0 saturated heterocycles. The van der Waals surface area contributed by atoms with Crippen LogP contribution >= 0.6 is 0 Å². The van der Waals surface area contributed by atoms with Crippen molar-refractivity contribution in [3.63, 3.8) is 0 Å². The van der Waals surface area contributed by atoms with E-state index in [2.05, 4.69) is 56.6 Å². The molecule has 7 nitrogen and oxygen atoms in total. The molecule has 0 fully saturated rings. The quantitative estimate of drug-likeness (QED) is 0.257. The molecule has 0 saturated carbocycles. The minimum Gasteiger partial charge on any atom is -0.444 e. The molecule has 39 heavy (non-hydrogen) atoms. The third kappa shape index (κ3) is 4.86. The van der Waals surface area contributed by atoms with Gasteiger partial charge in [-0.05, 0) is 50.6 Å². The number of amides is 1. The van der Waals surface area contributed by atoms with Gasteiger partial charge in [-0.25, -0.2) is 14.8 Å². The van der Waals surface area contributed by atoms with Crippen molar-refractivity contribution in [2.75, 3.05) is 5.32 Å². The lowest BCUT2D eigenvalue weighted by Crippen LogP contribution is -2.32. The number of nitrogens with zero attached hydrogens (tertiary/aromatic N) is 3. The molecule has 1 aliphatic rings. The van der Waals surface area contributed by atoms with Gasteiger partial charge in [0.25, 0.3) is 0 Å². The predicted octanol–water partition coefficient (Wildman–Crippen LogP) is 7.35. The number of carbonyl (C=O) groups excluding carboxylic acids is 1. The van der Waals surface area contributed by atoms with Crippen molar-refractivity contribution in [1.82, 2.24) is 19.9 Å². The minimum absolute atomic E-state index is 0.370. The second-order valence-corrected chi connectivity index (χ2v) is 10.4. The number of alkyl carbamates (subject to hydrolysis) is 1. The number of benzene rings is 3. The van der Waals surface area contributed by atoms with Gasteiger partial charge in [0.15, 0.2) is 5.82 Å². The first kappa shape index (κ1) is 24.4. The summed E-state index contributed by atoms with van der Waals surface area (Å²) in [5, 5.41) is 6.34. The van der Waals surface area contributed by atoms with Crippen LogP contribution in [0.3, 0.4) is 0 Å². The average molecular weight is 516 g/mol. The summed E-state index contributed by atoms with van der Waals surface area (Å²) in [6, 6.07) is 30.6. The Bertz CT molecular complexity index is 1650. The van der Waals surface area contributed by atoms with Crippen molar-refractivity contribution >= 4 is 17.6 Å². The molecule has 5 aromatic rings. The highest BCUT2D eigenvalue weighted by Crippen LogP contribution is 2.44. The number of fused-ring (bicyclic) bond motifs is 5. The second kappa shape index (κ2) is 9.76. The van der Waals surface area contributed by atoms with Crippen molar-refractivity contribution < 1.29 is 9.53 Å². The number of aromatic nitrogens is 3. The van der Waals surface area contributed by atoms with E-state index in [9.17, 15) is 4.79 Å². The maximum Gasteiger partial charge on any atom is 0.407 e. The number of imidazole rings is 1. The van der Waals surface area contributed by atoms with Crippen molar-refractivity contribution in [2.45, 2.75) is 32.9 Å². The molecule has 1 aliphatic heterocycles. The Morgan fingerprint density at radius 2 is 1.64 bits per heavy atom. The minimum atomic E-state index is -0.541. The van der Waals surface area contributed by atoms with E-state index in [-0.39, 0.29) is 0 Å². The molecule has 3 heterocycles. The van der Waals surface area contributed by atoms with Crippen LogP contribution in [0.1, 0.15) is 26.3 Å². The zero-order chi connectivity index (χ0) is 27.0. The maximum absolute atomic E-state index is 12.1. The second-order valence-electron chi connectivity index (χ2n) is 10.4. The Kier molecular flexibility index (Phi) is 6.11. The zero-order valence-corrected chi connectivity index (χ0v) is 22.1. The van der Waals surface area contributed by atoms with Crippen LogP contribution in [0.5, 0.6) is 0 Å². The summed E-state index contributed by atoms with van der Waals surface area (Å²) in [7, 11) is 0. The van der Waals surface area contributed by atoms with Gasteiger partial charge in [0.2, 0.25) is 0 Å². The smallest absolute Gasteiger partial charge is 0.407 e. The normalized spacial score (nSPS) is 11.9. The van der Waals surface area contributed by atoms with Gasteiger partial charge in [-0.2, -0.15) is 0 Å². The van der Waals surface area contributed by atoms with Crippen LogP contribution in [0.15, 0.2) is 97.2 Å². The van der Waals surface area contributed by atoms with Crippen LogP contribution in [0, 0.1) is 0 Å². The molecule has 194 valence electrons. The van der Waals surface area contributed by atoms with Gasteiger partial charge in [0, 0.05) is 29.4 Å². The van der Waals surface area contributed by atoms with E-state index in [0.29, 0.717) is 6.54 Å². The summed E-state index contributed by atoms with van der Waals surface area (Å²) in [5.41, 5.74) is 7.18. The van der Waals surface area contributed by atoms with Gasteiger partial charge < -0.3 is 15.4 Å². The van der Waals surface area contributed by atoms with E-state index >= 15 is 0 Å². The summed E-state index contributed by atoms with van der Waals surface area (Å²) in [6.07, 6.45) is 1.36. The summed E-state index contributed by atoms with van der Waals surface area (Å²) >= 11 is 0. The zero-order valence-electron chi connectivity index (χ0n) is 22.1. The molecule has 6 rings (SSSR count). The number of rotatable bonds is 4. The van der Waals surface area contributed by atoms with E-state index in [1.54, 1.807) is 6.20 Å². The Balaban J connectivity index is 1.48. The highest BCUT2D eigenvalue weighted by molar-refractivity contribution is 5.90. The van der Waals surface area contributed by atoms with E-state index in [1.165, 1.54) is 0 Å². The summed E-state index contributed by atoms with van der Waals surface area (Å²) < 4.78 is 7.56. The first-order valence-corrected chi connectivity index (χ1v) is 12.9. The Morgan fingerprint density at radius 1 is 0.897 bits per heavy atom. The fourth-order valence-electron chi connectivity index (χ4n) is 4.76. The van der Waals surface area contributed by atoms with Gasteiger partial charge in [-0.3, -0.25) is 4.57 Å². The lowest BCUT2D eigenvalue weighted by Gasteiger charge is -2.19. The number of hydrogen-bond donors (Lipinski definition) is 2. The molecular formula is C32H29N5O2. The monoisotopic (exact) mass is 515 g/mol. The summed E-state index contributed by atoms with van der Waals surface area (Å²) in [6.45, 7) is 5.92. The standard InChI is InChI=1S/C32H29N5O2/c1-32(2,3)39-31(38)34-20-21-15-17-23(18-16-21)28-27(22-10-5-4-6-11-22)36-30-24-12-7-8-13-25(24)35-29-26(37(28)30)14-9-19-33-29/h4-19H,20H2,1-3H3,(H,33,35)(H,34,38). The van der Waals surface area contributed by atoms with Gasteiger partial charge in [0.1, 0.15) is 11.4 Å². The summed E-state index contributed by atoms with van der Waals surface area (Å²) in [4.78, 5) is 22.0. The first-order valence-electron chi connectivity index (χ1n) is 12.9. The molecule has 2 aromatic heterocycles. The Hall–Kier alpha value is -4.91. The molecule has 0 radical (unpaired) electrons. The van der Waals surface area contributed by atoms with E-state index in [0.717, 1.165) is 56.7 Å². The van der Waals surface area contributed by atoms with Gasteiger partial charge in [0.05, 0.1) is 22.8 Å². The van der Waals surface area contributed by atoms with Crippen LogP contribution in [-0.4, -0.2) is 26.2 Å². The van der Waals surface area contributed by atoms with Crippen LogP contribution in [-0.2, 0) is 11.3 Å². The molecule has 0 aliphatic carbocycles. The lowest BCUT2D eigenvalue weighted by atomic mass is 10.0. The van der Waals surface area contributed by atoms with E-state index in [1.807, 2.05) is 75.4 Å². The van der Waals surface area contributed by atoms with Crippen molar-refractivity contribution in [1.29, 1.82) is 0 Å². The Labute approximate surface area is 227 Å². The number of pyridine rings is 1. The fraction of sp³-hybridized carbons (Fsp3) is 0.156. The predicted molar refractivity (Wildman–Crippen MR) is 154 cm³/mol. The third-order valence-electron chi connectivity index (χ3n) is 6.44. The van der Waals surface area contributed by atoms with E-state index in [4.69, 9.17) is 9.72 Å². The van der Waals surface area contributed by atoms with Crippen LogP contribution in [0.2, 0.25) is 0 Å². The number of nitrogens with one attached hydrogen (secondary N) is 2. The highest BCUT2D eigenvalue weighted by atomic mass is 16.6. The molecule has 0 bridgehead atoms. The fourth-order valence-corrected chi connectivity index (χ4v) is 4.76. The number of anilines is 2. The highest BCUT2D eigenvalue weighted by Gasteiger charge is 2.27. The average Bonchev–Trinajstić information content (AvgIpc) is 3.26. The number of para-hydroxylation sites is 1. The molecule has 1 amide bonds. The number of hydrogen-bond acceptors (Lipinski definition) is 5. The molecule has 0 unspecified atom stereocenters. The molecule has 7 heteroatoms. The molecular weight excluding hydrogens is 486 g/mol. The summed E-state index contributed by atoms with van der Waals surface area (Å²) in [5.74, 6) is 1.61. The van der Waals surface area contributed by atoms with Gasteiger partial charge in [-0.15, -0.1) is 0 Å². The number of ether oxygens (including phenoxy) is 1. The lowest BCUT2D eigenvalue weighted by molar-refractivity contribution is 0.0523. The van der Waals surface area contributed by atoms with E-state index < -0.39 is 11.7 Å². The van der Waals surface area contributed by atoms with Crippen LogP contribution in [0.25, 0.3) is 39.6 Å². The van der Waals surface area contributed by atoms with Crippen molar-refractivity contribution in [3.8, 4) is 39.6 Å². The first-order chi connectivity index (χ1) is 18.9. The number of carbonyl (C=O) groups is 1. The maximum atomic E-state index is 12.1. The SMILES string of the molecule is CC(C)(C)OC(=O)NCc1ccc(-c2c(-c3ccccc3)nc3n2-c2cccnc2Nc2ccccc2-3)cc1. The largest absolute Gasteiger partial charge is 0.444 e. The van der Waals surface area contributed by atoms with Crippen molar-refractivity contribution in [2.24, 2.45) is 0 Å². The van der Waals surface area contributed by atoms with Gasteiger partial charge >= 0.3 is 6.09 Å². The van der Waals surface area contributed by atoms with Crippen LogP contribution < -0.4 is 10.6 Å². The van der Waals surface area contributed by atoms with Gasteiger partial charge in [-0.1, -0.05) is 66.7 Å². The van der Waals surface area contributed by atoms with Crippen LogP contribution in [0.4, 0.5) is 16.3 Å². The molecule has 3 aromatic carbocycles. The molecule has 2 N–H and O–H groups in total.